The van der Waals surface area contributed by atoms with Crippen LogP contribution in [0.5, 0.6) is 0 Å². The van der Waals surface area contributed by atoms with Gasteiger partial charge in [-0.3, -0.25) is 9.89 Å². The fourth-order valence-corrected chi connectivity index (χ4v) is 2.29. The molecule has 7 heteroatoms. The normalized spacial score (nSPS) is 10.7. The minimum atomic E-state index is -0.260. The molecule has 0 aliphatic carbocycles. The first kappa shape index (κ1) is 15.8. The molecule has 1 aromatic heterocycles. The molecule has 0 saturated heterocycles. The van der Waals surface area contributed by atoms with Gasteiger partial charge in [-0.15, -0.1) is 5.10 Å². The number of aryl methyl sites for hydroxylation is 1. The summed E-state index contributed by atoms with van der Waals surface area (Å²) >= 11 is 12.1. The van der Waals surface area contributed by atoms with Crippen LogP contribution in [-0.2, 0) is 13.0 Å². The van der Waals surface area contributed by atoms with Gasteiger partial charge in [0, 0.05) is 20.0 Å². The first-order valence-electron chi connectivity index (χ1n) is 6.62. The van der Waals surface area contributed by atoms with Gasteiger partial charge in [-0.1, -0.05) is 42.3 Å². The predicted molar refractivity (Wildman–Crippen MR) is 82.6 cm³/mol. The van der Waals surface area contributed by atoms with Crippen molar-refractivity contribution in [2.24, 2.45) is 0 Å². The molecule has 0 fully saturated rings. The van der Waals surface area contributed by atoms with Crippen molar-refractivity contribution in [2.75, 3.05) is 7.05 Å². The Morgan fingerprint density at radius 1 is 1.38 bits per heavy atom. The molecule has 0 bridgehead atoms. The van der Waals surface area contributed by atoms with Crippen molar-refractivity contribution in [3.8, 4) is 0 Å². The van der Waals surface area contributed by atoms with Gasteiger partial charge in [-0.25, -0.2) is 4.98 Å². The standard InChI is InChI=1S/C14H16Cl2N4O/c1-3-5-11-17-13(19-18-11)14(21)20(2)8-9-6-4-7-10(15)12(9)16/h4,6-7H,3,5,8H2,1-2H3,(H,17,18,19). The molecule has 0 aliphatic rings. The van der Waals surface area contributed by atoms with Crippen molar-refractivity contribution in [1.29, 1.82) is 0 Å². The van der Waals surface area contributed by atoms with E-state index in [1.165, 1.54) is 4.90 Å². The number of nitrogens with one attached hydrogen (secondary N) is 1. The SMILES string of the molecule is CCCc1nc(C(=O)N(C)Cc2cccc(Cl)c2Cl)n[nH]1. The van der Waals surface area contributed by atoms with E-state index in [-0.39, 0.29) is 11.7 Å². The maximum atomic E-state index is 12.3. The van der Waals surface area contributed by atoms with Crippen molar-refractivity contribution in [3.05, 3.63) is 45.5 Å². The zero-order valence-corrected chi connectivity index (χ0v) is 13.4. The van der Waals surface area contributed by atoms with Crippen molar-refractivity contribution < 1.29 is 4.79 Å². The number of amides is 1. The highest BCUT2D eigenvalue weighted by molar-refractivity contribution is 6.42. The van der Waals surface area contributed by atoms with Gasteiger partial charge in [-0.2, -0.15) is 0 Å². The van der Waals surface area contributed by atoms with E-state index >= 15 is 0 Å². The molecule has 0 aliphatic heterocycles. The molecule has 1 N–H and O–H groups in total. The average Bonchev–Trinajstić information content (AvgIpc) is 2.92. The van der Waals surface area contributed by atoms with E-state index in [0.717, 1.165) is 24.2 Å². The zero-order valence-electron chi connectivity index (χ0n) is 11.9. The summed E-state index contributed by atoms with van der Waals surface area (Å²) in [4.78, 5) is 18.0. The van der Waals surface area contributed by atoms with Crippen molar-refractivity contribution in [2.45, 2.75) is 26.3 Å². The van der Waals surface area contributed by atoms with Gasteiger partial charge < -0.3 is 4.90 Å². The lowest BCUT2D eigenvalue weighted by atomic mass is 10.2. The quantitative estimate of drug-likeness (QED) is 0.916. The second-order valence-electron chi connectivity index (χ2n) is 4.73. The lowest BCUT2D eigenvalue weighted by molar-refractivity contribution is 0.0773. The maximum Gasteiger partial charge on any atom is 0.293 e. The highest BCUT2D eigenvalue weighted by Crippen LogP contribution is 2.26. The third-order valence-electron chi connectivity index (χ3n) is 3.00. The number of aromatic amines is 1. The molecule has 0 radical (unpaired) electrons. The molecule has 2 rings (SSSR count). The van der Waals surface area contributed by atoms with E-state index in [1.54, 1.807) is 19.2 Å². The van der Waals surface area contributed by atoms with Crippen molar-refractivity contribution in [1.82, 2.24) is 20.1 Å². The number of rotatable bonds is 5. The largest absolute Gasteiger partial charge is 0.335 e. The molecule has 112 valence electrons. The van der Waals surface area contributed by atoms with Crippen LogP contribution >= 0.6 is 23.2 Å². The zero-order chi connectivity index (χ0) is 15.4. The molecule has 5 nitrogen and oxygen atoms in total. The number of H-pyrrole nitrogens is 1. The fraction of sp³-hybridized carbons (Fsp3) is 0.357. The molecular weight excluding hydrogens is 311 g/mol. The van der Waals surface area contributed by atoms with Crippen LogP contribution < -0.4 is 0 Å². The molecule has 21 heavy (non-hydrogen) atoms. The Morgan fingerprint density at radius 3 is 2.86 bits per heavy atom. The van der Waals surface area contributed by atoms with Crippen LogP contribution in [0.3, 0.4) is 0 Å². The maximum absolute atomic E-state index is 12.3. The second-order valence-corrected chi connectivity index (χ2v) is 5.52. The summed E-state index contributed by atoms with van der Waals surface area (Å²) in [5.74, 6) is 0.624. The summed E-state index contributed by atoms with van der Waals surface area (Å²) in [5, 5.41) is 7.65. The summed E-state index contributed by atoms with van der Waals surface area (Å²) in [6.07, 6.45) is 1.71. The Kier molecular flexibility index (Phi) is 5.20. The van der Waals surface area contributed by atoms with Crippen molar-refractivity contribution >= 4 is 29.1 Å². The predicted octanol–water partition coefficient (Wildman–Crippen LogP) is 3.34. The number of benzene rings is 1. The number of hydrogen-bond donors (Lipinski definition) is 1. The third kappa shape index (κ3) is 3.74. The molecular formula is C14H16Cl2N4O. The van der Waals surface area contributed by atoms with Gasteiger partial charge in [0.15, 0.2) is 0 Å². The van der Waals surface area contributed by atoms with E-state index in [1.807, 2.05) is 13.0 Å². The van der Waals surface area contributed by atoms with Crippen molar-refractivity contribution in [3.63, 3.8) is 0 Å². The molecule has 0 saturated carbocycles. The lowest BCUT2D eigenvalue weighted by Gasteiger charge is -2.16. The topological polar surface area (TPSA) is 61.9 Å². The second kappa shape index (κ2) is 6.91. The molecule has 2 aromatic rings. The first-order valence-corrected chi connectivity index (χ1v) is 7.38. The van der Waals surface area contributed by atoms with Gasteiger partial charge in [0.05, 0.1) is 10.0 Å². The summed E-state index contributed by atoms with van der Waals surface area (Å²) in [5.41, 5.74) is 0.782. The Labute approximate surface area is 133 Å². The number of aromatic nitrogens is 3. The molecule has 1 heterocycles. The van der Waals surface area contributed by atoms with Crippen LogP contribution in [0.15, 0.2) is 18.2 Å². The molecule has 0 unspecified atom stereocenters. The van der Waals surface area contributed by atoms with Gasteiger partial charge in [-0.05, 0) is 18.1 Å². The smallest absolute Gasteiger partial charge is 0.293 e. The first-order chi connectivity index (χ1) is 10.0. The third-order valence-corrected chi connectivity index (χ3v) is 3.85. The molecule has 1 amide bonds. The van der Waals surface area contributed by atoms with Crippen LogP contribution in [0.4, 0.5) is 0 Å². The Balaban J connectivity index is 2.10. The van der Waals surface area contributed by atoms with Gasteiger partial charge in [0.25, 0.3) is 5.91 Å². The van der Waals surface area contributed by atoms with Gasteiger partial charge >= 0.3 is 0 Å². The van der Waals surface area contributed by atoms with Gasteiger partial charge in [0.2, 0.25) is 5.82 Å². The van der Waals surface area contributed by atoms with Crippen LogP contribution in [0.2, 0.25) is 10.0 Å². The van der Waals surface area contributed by atoms with Crippen LogP contribution in [0.1, 0.15) is 35.4 Å². The van der Waals surface area contributed by atoms with E-state index < -0.39 is 0 Å². The summed E-state index contributed by atoms with van der Waals surface area (Å²) in [6, 6.07) is 5.34. The highest BCUT2D eigenvalue weighted by Gasteiger charge is 2.18. The Bertz CT molecular complexity index is 642. The number of nitrogens with zero attached hydrogens (tertiary/aromatic N) is 3. The van der Waals surface area contributed by atoms with Gasteiger partial charge in [0.1, 0.15) is 5.82 Å². The molecule has 0 spiro atoms. The summed E-state index contributed by atoms with van der Waals surface area (Å²) < 4.78 is 0. The summed E-state index contributed by atoms with van der Waals surface area (Å²) in [6.45, 7) is 2.38. The van der Waals surface area contributed by atoms with E-state index in [0.29, 0.717) is 16.6 Å². The lowest BCUT2D eigenvalue weighted by Crippen LogP contribution is -2.27. The number of carbonyl (C=O) groups excluding carboxylic acids is 1. The molecule has 0 atom stereocenters. The summed E-state index contributed by atoms with van der Waals surface area (Å²) in [7, 11) is 1.68. The minimum absolute atomic E-state index is 0.166. The Hall–Kier alpha value is -1.59. The highest BCUT2D eigenvalue weighted by atomic mass is 35.5. The van der Waals surface area contributed by atoms with E-state index in [4.69, 9.17) is 23.2 Å². The number of halogens is 2. The van der Waals surface area contributed by atoms with E-state index in [2.05, 4.69) is 15.2 Å². The average molecular weight is 327 g/mol. The fourth-order valence-electron chi connectivity index (χ4n) is 1.91. The number of hydrogen-bond acceptors (Lipinski definition) is 3. The van der Waals surface area contributed by atoms with E-state index in [9.17, 15) is 4.79 Å². The molecule has 1 aromatic carbocycles. The monoisotopic (exact) mass is 326 g/mol. The van der Waals surface area contributed by atoms with Crippen LogP contribution in [-0.4, -0.2) is 33.0 Å². The minimum Gasteiger partial charge on any atom is -0.335 e. The van der Waals surface area contributed by atoms with Crippen LogP contribution in [0, 0.1) is 0 Å². The Morgan fingerprint density at radius 2 is 2.14 bits per heavy atom. The van der Waals surface area contributed by atoms with Crippen LogP contribution in [0.25, 0.3) is 0 Å². The number of carbonyl (C=O) groups is 1.